The predicted molar refractivity (Wildman–Crippen MR) is 34.5 cm³/mol. The molecule has 0 aromatic rings. The Morgan fingerprint density at radius 1 is 1.00 bits per heavy atom. The molecular formula is C4H7I. The Hall–Kier alpha value is 0.290. The van der Waals surface area contributed by atoms with E-state index in [1.54, 1.807) is 0 Å². The zero-order valence-corrected chi connectivity index (χ0v) is 5.74. The first-order valence-electron chi connectivity index (χ1n) is 1.25. The lowest BCUT2D eigenvalue weighted by Gasteiger charge is -1.40. The van der Waals surface area contributed by atoms with Crippen molar-refractivity contribution in [1.82, 2.24) is 0 Å². The van der Waals surface area contributed by atoms with E-state index in [1.165, 1.54) is 0 Å². The van der Waals surface area contributed by atoms with Gasteiger partial charge in [0, 0.05) is 0 Å². The molecule has 0 saturated carbocycles. The summed E-state index contributed by atoms with van der Waals surface area (Å²) < 4.78 is 0. The Labute approximate surface area is 50.0 Å². The molecular weight excluding hydrogens is 175 g/mol. The molecule has 0 aliphatic carbocycles. The van der Waals surface area contributed by atoms with E-state index in [-0.39, 0.29) is 24.0 Å². The highest BCUT2D eigenvalue weighted by Gasteiger charge is 1.26. The molecule has 1 heteroatoms. The average molecular weight is 182 g/mol. The fourth-order valence-corrected chi connectivity index (χ4v) is 0. The molecule has 0 nitrogen and oxygen atoms in total. The van der Waals surface area contributed by atoms with Gasteiger partial charge in [0.25, 0.3) is 0 Å². The summed E-state index contributed by atoms with van der Waals surface area (Å²) >= 11 is 0. The second kappa shape index (κ2) is 8.85. The van der Waals surface area contributed by atoms with Crippen molar-refractivity contribution in [1.29, 1.82) is 0 Å². The number of halogens is 1. The van der Waals surface area contributed by atoms with Crippen molar-refractivity contribution in [2.75, 3.05) is 0 Å². The molecule has 0 rings (SSSR count). The van der Waals surface area contributed by atoms with E-state index in [0.29, 0.717) is 0 Å². The normalized spacial score (nSPS) is 2.80. The molecule has 0 radical (unpaired) electrons. The highest BCUT2D eigenvalue weighted by molar-refractivity contribution is 14.0. The Kier molecular flexibility index (Phi) is 15.9. The Bertz CT molecular complexity index is 40.4. The van der Waals surface area contributed by atoms with Gasteiger partial charge in [-0.25, -0.2) is 0 Å². The summed E-state index contributed by atoms with van der Waals surface area (Å²) in [6.07, 6.45) is 0. The molecule has 0 spiro atoms. The van der Waals surface area contributed by atoms with Crippen molar-refractivity contribution in [3.05, 3.63) is 0 Å². The first-order chi connectivity index (χ1) is 1.91. The molecule has 5 heavy (non-hydrogen) atoms. The van der Waals surface area contributed by atoms with Gasteiger partial charge in [0.2, 0.25) is 0 Å². The van der Waals surface area contributed by atoms with Gasteiger partial charge in [0.05, 0.1) is 0 Å². The number of hydrogen-bond acceptors (Lipinski definition) is 0. The van der Waals surface area contributed by atoms with Crippen LogP contribution in [0.15, 0.2) is 0 Å². The molecule has 30 valence electrons. The average Bonchev–Trinajstić information content (AvgIpc) is 1.37. The lowest BCUT2D eigenvalue weighted by molar-refractivity contribution is 1.83. The van der Waals surface area contributed by atoms with Crippen LogP contribution in [0.5, 0.6) is 0 Å². The van der Waals surface area contributed by atoms with Crippen LogP contribution >= 0.6 is 24.0 Å². The molecule has 0 aliphatic rings. The van der Waals surface area contributed by atoms with Gasteiger partial charge in [-0.3, -0.25) is 0 Å². The fraction of sp³-hybridized carbons (Fsp3) is 0.500. The topological polar surface area (TPSA) is 0 Å². The third-order valence-electron chi connectivity index (χ3n) is 0.250. The lowest BCUT2D eigenvalue weighted by atomic mass is 10.7. The van der Waals surface area contributed by atoms with Crippen LogP contribution in [0.4, 0.5) is 0 Å². The second-order valence-corrected chi connectivity index (χ2v) is 0.500. The number of hydrogen-bond donors (Lipinski definition) is 0. The van der Waals surface area contributed by atoms with E-state index in [4.69, 9.17) is 0 Å². The van der Waals surface area contributed by atoms with Gasteiger partial charge in [0.15, 0.2) is 0 Å². The van der Waals surface area contributed by atoms with Crippen LogP contribution in [0.2, 0.25) is 0 Å². The number of rotatable bonds is 0. The molecule has 0 aliphatic heterocycles. The largest absolute Gasteiger partial charge is 0.107 e. The Morgan fingerprint density at radius 3 is 1.20 bits per heavy atom. The molecule has 0 atom stereocenters. The first kappa shape index (κ1) is 8.99. The summed E-state index contributed by atoms with van der Waals surface area (Å²) in [5.74, 6) is 5.36. The molecule has 0 unspecified atom stereocenters. The first-order valence-corrected chi connectivity index (χ1v) is 1.25. The van der Waals surface area contributed by atoms with Crippen LogP contribution in [-0.2, 0) is 0 Å². The fourth-order valence-electron chi connectivity index (χ4n) is 0. The van der Waals surface area contributed by atoms with Gasteiger partial charge in [-0.15, -0.1) is 35.8 Å². The SMILES string of the molecule is CC#CC.I. The minimum Gasteiger partial charge on any atom is -0.107 e. The van der Waals surface area contributed by atoms with E-state index in [2.05, 4.69) is 11.8 Å². The van der Waals surface area contributed by atoms with Crippen LogP contribution in [0.3, 0.4) is 0 Å². The van der Waals surface area contributed by atoms with Crippen LogP contribution in [0, 0.1) is 11.8 Å². The lowest BCUT2D eigenvalue weighted by Crippen LogP contribution is -1.28. The summed E-state index contributed by atoms with van der Waals surface area (Å²) in [4.78, 5) is 0. The second-order valence-electron chi connectivity index (χ2n) is 0.500. The summed E-state index contributed by atoms with van der Waals surface area (Å²) in [7, 11) is 0. The van der Waals surface area contributed by atoms with Gasteiger partial charge in [-0.2, -0.15) is 0 Å². The van der Waals surface area contributed by atoms with Gasteiger partial charge in [-0.1, -0.05) is 0 Å². The monoisotopic (exact) mass is 182 g/mol. The van der Waals surface area contributed by atoms with Crippen molar-refractivity contribution < 1.29 is 0 Å². The van der Waals surface area contributed by atoms with E-state index in [9.17, 15) is 0 Å². The quantitative estimate of drug-likeness (QED) is 0.394. The Balaban J connectivity index is 0. The summed E-state index contributed by atoms with van der Waals surface area (Å²) in [6.45, 7) is 3.64. The standard InChI is InChI=1S/C4H6.HI/c1-3-4-2;/h1-2H3;1H. The third kappa shape index (κ3) is 13.5. The van der Waals surface area contributed by atoms with Crippen LogP contribution in [0.1, 0.15) is 13.8 Å². The van der Waals surface area contributed by atoms with Crippen LogP contribution in [-0.4, -0.2) is 0 Å². The summed E-state index contributed by atoms with van der Waals surface area (Å²) in [5.41, 5.74) is 0. The zero-order valence-electron chi connectivity index (χ0n) is 3.41. The highest BCUT2D eigenvalue weighted by Crippen LogP contribution is 1.39. The Morgan fingerprint density at radius 2 is 1.20 bits per heavy atom. The summed E-state index contributed by atoms with van der Waals surface area (Å²) in [6, 6.07) is 0. The van der Waals surface area contributed by atoms with Gasteiger partial charge in [-0.05, 0) is 13.8 Å². The molecule has 0 aromatic heterocycles. The molecule has 0 saturated heterocycles. The molecule has 0 heterocycles. The van der Waals surface area contributed by atoms with Crippen molar-refractivity contribution in [2.24, 2.45) is 0 Å². The van der Waals surface area contributed by atoms with Gasteiger partial charge in [0.1, 0.15) is 0 Å². The zero-order chi connectivity index (χ0) is 3.41. The van der Waals surface area contributed by atoms with Crippen LogP contribution in [0.25, 0.3) is 0 Å². The maximum Gasteiger partial charge on any atom is -0.00271 e. The third-order valence-corrected chi connectivity index (χ3v) is 0.250. The van der Waals surface area contributed by atoms with Crippen LogP contribution < -0.4 is 0 Å². The molecule has 0 fully saturated rings. The smallest absolute Gasteiger partial charge is 0.00271 e. The van der Waals surface area contributed by atoms with E-state index < -0.39 is 0 Å². The maximum absolute atomic E-state index is 2.68. The van der Waals surface area contributed by atoms with E-state index in [0.717, 1.165) is 0 Å². The summed E-state index contributed by atoms with van der Waals surface area (Å²) in [5, 5.41) is 0. The molecule has 0 N–H and O–H groups in total. The maximum atomic E-state index is 2.68. The minimum absolute atomic E-state index is 0. The van der Waals surface area contributed by atoms with E-state index >= 15 is 0 Å². The molecule has 0 amide bonds. The minimum atomic E-state index is 0. The van der Waals surface area contributed by atoms with Crippen molar-refractivity contribution in [3.63, 3.8) is 0 Å². The van der Waals surface area contributed by atoms with Crippen molar-refractivity contribution in [3.8, 4) is 11.8 Å². The van der Waals surface area contributed by atoms with Crippen molar-refractivity contribution >= 4 is 24.0 Å². The van der Waals surface area contributed by atoms with Crippen molar-refractivity contribution in [2.45, 2.75) is 13.8 Å². The predicted octanol–water partition coefficient (Wildman–Crippen LogP) is 1.65. The van der Waals surface area contributed by atoms with E-state index in [1.807, 2.05) is 13.8 Å². The highest BCUT2D eigenvalue weighted by atomic mass is 127. The van der Waals surface area contributed by atoms with Gasteiger partial charge >= 0.3 is 0 Å². The van der Waals surface area contributed by atoms with Gasteiger partial charge < -0.3 is 0 Å². The molecule has 0 aromatic carbocycles. The molecule has 0 bridgehead atoms.